The second kappa shape index (κ2) is 10.2. The number of benzene rings is 2. The normalized spacial score (nSPS) is 11.7. The molecule has 160 valence electrons. The highest BCUT2D eigenvalue weighted by Gasteiger charge is 2.22. The molecule has 11 heteroatoms. The van der Waals surface area contributed by atoms with Crippen molar-refractivity contribution in [1.29, 1.82) is 0 Å². The van der Waals surface area contributed by atoms with Crippen LogP contribution in [0.15, 0.2) is 36.4 Å². The minimum atomic E-state index is -0.691. The number of non-ortho nitro benzene ring substituents is 1. The predicted molar refractivity (Wildman–Crippen MR) is 115 cm³/mol. The molecule has 0 bridgehead atoms. The second-order valence-corrected chi connectivity index (χ2v) is 7.24. The maximum atomic E-state index is 12.5. The molecule has 1 atom stereocenters. The number of nitro groups is 1. The Kier molecular flexibility index (Phi) is 7.99. The number of carbonyl (C=O) groups excluding carboxylic acids is 2. The Hall–Kier alpha value is -2.88. The number of rotatable bonds is 8. The number of amides is 2. The maximum absolute atomic E-state index is 12.5. The minimum absolute atomic E-state index is 0.0400. The van der Waals surface area contributed by atoms with E-state index in [2.05, 4.69) is 10.6 Å². The van der Waals surface area contributed by atoms with Crippen molar-refractivity contribution in [3.8, 4) is 5.75 Å². The van der Waals surface area contributed by atoms with Crippen molar-refractivity contribution in [2.45, 2.75) is 13.0 Å². The molecular formula is C19H20Cl2N4O5. The second-order valence-electron chi connectivity index (χ2n) is 6.39. The number of nitrogens with zero attached hydrogens (tertiary/aromatic N) is 2. The number of hydrogen-bond donors (Lipinski definition) is 2. The van der Waals surface area contributed by atoms with Crippen molar-refractivity contribution in [3.05, 3.63) is 56.6 Å². The van der Waals surface area contributed by atoms with Gasteiger partial charge in [0.2, 0.25) is 11.8 Å². The summed E-state index contributed by atoms with van der Waals surface area (Å²) in [7, 11) is 3.08. The zero-order chi connectivity index (χ0) is 22.4. The molecule has 0 radical (unpaired) electrons. The van der Waals surface area contributed by atoms with Crippen LogP contribution in [0, 0.1) is 10.1 Å². The molecule has 2 aromatic rings. The van der Waals surface area contributed by atoms with Crippen molar-refractivity contribution in [3.63, 3.8) is 0 Å². The van der Waals surface area contributed by atoms with E-state index in [0.717, 1.165) is 6.07 Å². The van der Waals surface area contributed by atoms with Crippen LogP contribution in [0.3, 0.4) is 0 Å². The first-order valence-electron chi connectivity index (χ1n) is 8.70. The van der Waals surface area contributed by atoms with E-state index in [0.29, 0.717) is 16.5 Å². The van der Waals surface area contributed by atoms with Crippen LogP contribution in [0.1, 0.15) is 6.92 Å². The predicted octanol–water partition coefficient (Wildman–Crippen LogP) is 3.81. The molecule has 2 amide bonds. The Morgan fingerprint density at radius 1 is 1.17 bits per heavy atom. The summed E-state index contributed by atoms with van der Waals surface area (Å²) < 4.78 is 5.19. The highest BCUT2D eigenvalue weighted by Crippen LogP contribution is 2.28. The van der Waals surface area contributed by atoms with Crippen LogP contribution in [-0.2, 0) is 9.59 Å². The summed E-state index contributed by atoms with van der Waals surface area (Å²) in [6.45, 7) is 1.53. The largest absolute Gasteiger partial charge is 0.495 e. The minimum Gasteiger partial charge on any atom is -0.495 e. The molecule has 0 aromatic heterocycles. The average Bonchev–Trinajstić information content (AvgIpc) is 2.68. The van der Waals surface area contributed by atoms with E-state index in [9.17, 15) is 19.7 Å². The molecule has 30 heavy (non-hydrogen) atoms. The molecule has 0 saturated carbocycles. The lowest BCUT2D eigenvalue weighted by molar-refractivity contribution is -0.384. The Balaban J connectivity index is 1.99. The van der Waals surface area contributed by atoms with Gasteiger partial charge >= 0.3 is 0 Å². The maximum Gasteiger partial charge on any atom is 0.271 e. The molecule has 0 aliphatic rings. The lowest BCUT2D eigenvalue weighted by Crippen LogP contribution is -2.43. The molecule has 2 rings (SSSR count). The van der Waals surface area contributed by atoms with Gasteiger partial charge in [0.05, 0.1) is 41.0 Å². The molecule has 9 nitrogen and oxygen atoms in total. The van der Waals surface area contributed by atoms with Crippen LogP contribution < -0.4 is 15.4 Å². The van der Waals surface area contributed by atoms with Gasteiger partial charge < -0.3 is 15.4 Å². The lowest BCUT2D eigenvalue weighted by Gasteiger charge is -2.23. The highest BCUT2D eigenvalue weighted by atomic mass is 35.5. The number of methoxy groups -OCH3 is 1. The Labute approximate surface area is 183 Å². The summed E-state index contributed by atoms with van der Waals surface area (Å²) in [4.78, 5) is 36.6. The number of carbonyl (C=O) groups is 2. The first kappa shape index (κ1) is 23.4. The van der Waals surface area contributed by atoms with Gasteiger partial charge in [-0.1, -0.05) is 23.2 Å². The van der Waals surface area contributed by atoms with Gasteiger partial charge in [-0.3, -0.25) is 24.6 Å². The van der Waals surface area contributed by atoms with Crippen LogP contribution in [0.25, 0.3) is 0 Å². The van der Waals surface area contributed by atoms with Gasteiger partial charge in [-0.15, -0.1) is 0 Å². The third-order valence-corrected chi connectivity index (χ3v) is 4.84. The molecular weight excluding hydrogens is 435 g/mol. The molecule has 2 N–H and O–H groups in total. The summed E-state index contributed by atoms with van der Waals surface area (Å²) in [6, 6.07) is 7.87. The van der Waals surface area contributed by atoms with E-state index < -0.39 is 16.9 Å². The van der Waals surface area contributed by atoms with Gasteiger partial charge in [-0.25, -0.2) is 0 Å². The van der Waals surface area contributed by atoms with E-state index in [1.807, 2.05) is 0 Å². The fourth-order valence-electron chi connectivity index (χ4n) is 2.49. The zero-order valence-corrected chi connectivity index (χ0v) is 18.0. The van der Waals surface area contributed by atoms with Gasteiger partial charge in [0.25, 0.3) is 5.69 Å². The molecule has 0 saturated heterocycles. The Morgan fingerprint density at radius 2 is 1.87 bits per heavy atom. The molecule has 0 aliphatic carbocycles. The number of nitro benzene ring substituents is 1. The van der Waals surface area contributed by atoms with Crippen molar-refractivity contribution >= 4 is 52.1 Å². The summed E-state index contributed by atoms with van der Waals surface area (Å²) >= 11 is 12.0. The summed E-state index contributed by atoms with van der Waals surface area (Å²) in [6.07, 6.45) is 0. The number of halogens is 2. The molecule has 2 aromatic carbocycles. The lowest BCUT2D eigenvalue weighted by atomic mass is 10.2. The average molecular weight is 455 g/mol. The molecule has 1 unspecified atom stereocenters. The Bertz CT molecular complexity index is 970. The van der Waals surface area contributed by atoms with Crippen LogP contribution in [0.4, 0.5) is 17.1 Å². The molecule has 0 aliphatic heterocycles. The Morgan fingerprint density at radius 3 is 2.47 bits per heavy atom. The number of ether oxygens (including phenoxy) is 1. The summed E-state index contributed by atoms with van der Waals surface area (Å²) in [5.41, 5.74) is 0.468. The fourth-order valence-corrected chi connectivity index (χ4v) is 2.88. The molecule has 0 spiro atoms. The third kappa shape index (κ3) is 6.06. The topological polar surface area (TPSA) is 114 Å². The van der Waals surface area contributed by atoms with Crippen LogP contribution in [0.5, 0.6) is 5.75 Å². The quantitative estimate of drug-likeness (QED) is 0.462. The van der Waals surface area contributed by atoms with Gasteiger partial charge in [-0.05, 0) is 38.2 Å². The fraction of sp³-hybridized carbons (Fsp3) is 0.263. The third-order valence-electron chi connectivity index (χ3n) is 4.29. The van der Waals surface area contributed by atoms with E-state index in [1.54, 1.807) is 32.2 Å². The first-order valence-corrected chi connectivity index (χ1v) is 9.46. The van der Waals surface area contributed by atoms with Crippen molar-refractivity contribution in [2.24, 2.45) is 0 Å². The monoisotopic (exact) mass is 454 g/mol. The first-order chi connectivity index (χ1) is 14.1. The van der Waals surface area contributed by atoms with E-state index >= 15 is 0 Å². The van der Waals surface area contributed by atoms with E-state index in [4.69, 9.17) is 27.9 Å². The number of hydrogen-bond acceptors (Lipinski definition) is 6. The molecule has 0 fully saturated rings. The van der Waals surface area contributed by atoms with Crippen molar-refractivity contribution in [2.75, 3.05) is 31.3 Å². The number of likely N-dealkylation sites (N-methyl/N-ethyl adjacent to an activating group) is 1. The number of anilines is 2. The van der Waals surface area contributed by atoms with Gasteiger partial charge in [0, 0.05) is 17.2 Å². The number of nitrogens with one attached hydrogen (secondary N) is 2. The van der Waals surface area contributed by atoms with E-state index in [-0.39, 0.29) is 28.8 Å². The van der Waals surface area contributed by atoms with Gasteiger partial charge in [0.1, 0.15) is 5.75 Å². The van der Waals surface area contributed by atoms with Crippen LogP contribution >= 0.6 is 23.2 Å². The van der Waals surface area contributed by atoms with E-state index in [1.165, 1.54) is 24.1 Å². The van der Waals surface area contributed by atoms with Gasteiger partial charge in [0.15, 0.2) is 0 Å². The van der Waals surface area contributed by atoms with Crippen molar-refractivity contribution in [1.82, 2.24) is 4.90 Å². The zero-order valence-electron chi connectivity index (χ0n) is 16.4. The SMILES string of the molecule is COc1ccc(Cl)cc1NC(=O)CN(C)C(C)C(=O)Nc1ccc([N+](=O)[O-])cc1Cl. The summed E-state index contributed by atoms with van der Waals surface area (Å²) in [5.74, 6) is -0.346. The van der Waals surface area contributed by atoms with Crippen molar-refractivity contribution < 1.29 is 19.2 Å². The van der Waals surface area contributed by atoms with Crippen LogP contribution in [0.2, 0.25) is 10.0 Å². The highest BCUT2D eigenvalue weighted by molar-refractivity contribution is 6.34. The van der Waals surface area contributed by atoms with Gasteiger partial charge in [-0.2, -0.15) is 0 Å². The summed E-state index contributed by atoms with van der Waals surface area (Å²) in [5, 5.41) is 16.6. The van der Waals surface area contributed by atoms with Crippen LogP contribution in [-0.4, -0.2) is 48.4 Å². The standard InChI is InChI=1S/C19H20Cl2N4O5/c1-11(19(27)23-15-6-5-13(25(28)29)9-14(15)21)24(2)10-18(26)22-16-8-12(20)4-7-17(16)30-3/h4-9,11H,10H2,1-3H3,(H,22,26)(H,23,27). The molecule has 0 heterocycles. The smallest absolute Gasteiger partial charge is 0.271 e.